The minimum Gasteiger partial charge on any atom is -0.481 e. The number of aromatic nitrogens is 2. The number of hydrogen-bond acceptors (Lipinski definition) is 4. The van der Waals surface area contributed by atoms with E-state index in [0.717, 1.165) is 0 Å². The summed E-state index contributed by atoms with van der Waals surface area (Å²) in [6.07, 6.45) is 0. The van der Waals surface area contributed by atoms with Crippen molar-refractivity contribution in [3.8, 4) is 0 Å². The third-order valence-electron chi connectivity index (χ3n) is 1.69. The van der Waals surface area contributed by atoms with Gasteiger partial charge in [-0.3, -0.25) is 4.79 Å². The Morgan fingerprint density at radius 3 is 2.69 bits per heavy atom. The lowest BCUT2D eigenvalue weighted by Crippen LogP contribution is -2.11. The van der Waals surface area contributed by atoms with Crippen molar-refractivity contribution < 1.29 is 9.90 Å². The number of anilines is 1. The molecule has 0 aliphatic carbocycles. The third kappa shape index (κ3) is 2.14. The van der Waals surface area contributed by atoms with Crippen LogP contribution >= 0.6 is 0 Å². The summed E-state index contributed by atoms with van der Waals surface area (Å²) in [7, 11) is 0. The topological polar surface area (TPSA) is 89.1 Å². The Hall–Kier alpha value is -1.65. The molecule has 0 aromatic carbocycles. The predicted octanol–water partition coefficient (Wildman–Crippen LogP) is 0.555. The smallest absolute Gasteiger partial charge is 0.312 e. The summed E-state index contributed by atoms with van der Waals surface area (Å²) < 4.78 is 0. The lowest BCUT2D eigenvalue weighted by molar-refractivity contribution is -0.138. The van der Waals surface area contributed by atoms with E-state index in [1.807, 2.05) is 0 Å². The van der Waals surface area contributed by atoms with Crippen LogP contribution in [0.1, 0.15) is 24.4 Å². The molecule has 0 spiro atoms. The SMILES string of the molecule is Cc1nc(N)cc(C(C)C(=O)O)n1. The molecule has 0 bridgehead atoms. The summed E-state index contributed by atoms with van der Waals surface area (Å²) in [5.74, 6) is -0.778. The summed E-state index contributed by atoms with van der Waals surface area (Å²) in [5, 5.41) is 8.72. The van der Waals surface area contributed by atoms with Crippen molar-refractivity contribution in [2.75, 3.05) is 5.73 Å². The number of aryl methyl sites for hydroxylation is 1. The standard InChI is InChI=1S/C8H11N3O2/c1-4(8(12)13)6-3-7(9)11-5(2)10-6/h3-4H,1-2H3,(H,12,13)(H2,9,10,11). The summed E-state index contributed by atoms with van der Waals surface area (Å²) >= 11 is 0. The molecule has 1 rings (SSSR count). The van der Waals surface area contributed by atoms with Crippen LogP contribution in [0, 0.1) is 6.92 Å². The van der Waals surface area contributed by atoms with Crippen LogP contribution in [-0.4, -0.2) is 21.0 Å². The van der Waals surface area contributed by atoms with Crippen molar-refractivity contribution in [1.29, 1.82) is 0 Å². The number of carbonyl (C=O) groups is 1. The molecule has 0 saturated carbocycles. The lowest BCUT2D eigenvalue weighted by atomic mass is 10.1. The maximum Gasteiger partial charge on any atom is 0.312 e. The highest BCUT2D eigenvalue weighted by Crippen LogP contribution is 2.14. The Bertz CT molecular complexity index is 318. The van der Waals surface area contributed by atoms with Gasteiger partial charge >= 0.3 is 5.97 Å². The van der Waals surface area contributed by atoms with Crippen molar-refractivity contribution in [3.63, 3.8) is 0 Å². The van der Waals surface area contributed by atoms with E-state index < -0.39 is 11.9 Å². The van der Waals surface area contributed by atoms with Crippen molar-refractivity contribution in [2.24, 2.45) is 0 Å². The van der Waals surface area contributed by atoms with Crippen LogP contribution in [0.5, 0.6) is 0 Å². The lowest BCUT2D eigenvalue weighted by Gasteiger charge is -2.06. The van der Waals surface area contributed by atoms with E-state index in [2.05, 4.69) is 9.97 Å². The summed E-state index contributed by atoms with van der Waals surface area (Å²) in [5.41, 5.74) is 5.90. The van der Waals surface area contributed by atoms with Gasteiger partial charge in [0.15, 0.2) is 0 Å². The summed E-state index contributed by atoms with van der Waals surface area (Å²) in [6, 6.07) is 1.48. The maximum absolute atomic E-state index is 10.6. The molecular weight excluding hydrogens is 170 g/mol. The number of hydrogen-bond donors (Lipinski definition) is 2. The second-order valence-electron chi connectivity index (χ2n) is 2.82. The van der Waals surface area contributed by atoms with Gasteiger partial charge in [-0.05, 0) is 13.8 Å². The zero-order valence-corrected chi connectivity index (χ0v) is 7.48. The minimum absolute atomic E-state index is 0.301. The first-order valence-electron chi connectivity index (χ1n) is 3.84. The number of nitrogens with two attached hydrogens (primary N) is 1. The third-order valence-corrected chi connectivity index (χ3v) is 1.69. The van der Waals surface area contributed by atoms with Crippen LogP contribution in [-0.2, 0) is 4.79 Å². The summed E-state index contributed by atoms with van der Waals surface area (Å²) in [4.78, 5) is 18.5. The molecule has 0 radical (unpaired) electrons. The molecule has 1 heterocycles. The van der Waals surface area contributed by atoms with E-state index in [1.165, 1.54) is 6.07 Å². The number of nitrogen functional groups attached to an aromatic ring is 1. The van der Waals surface area contributed by atoms with Crippen LogP contribution in [0.2, 0.25) is 0 Å². The highest BCUT2D eigenvalue weighted by Gasteiger charge is 2.15. The maximum atomic E-state index is 10.6. The molecule has 1 aromatic rings. The van der Waals surface area contributed by atoms with Crippen LogP contribution in [0.15, 0.2) is 6.07 Å². The van der Waals surface area contributed by atoms with Gasteiger partial charge in [-0.1, -0.05) is 0 Å². The van der Waals surface area contributed by atoms with Crippen LogP contribution in [0.3, 0.4) is 0 Å². The molecule has 1 unspecified atom stereocenters. The second kappa shape index (κ2) is 3.38. The minimum atomic E-state index is -0.919. The largest absolute Gasteiger partial charge is 0.481 e. The molecule has 3 N–H and O–H groups in total. The molecule has 70 valence electrons. The van der Waals surface area contributed by atoms with Crippen molar-refractivity contribution in [3.05, 3.63) is 17.6 Å². The first-order chi connectivity index (χ1) is 6.00. The van der Waals surface area contributed by atoms with Gasteiger partial charge in [0.1, 0.15) is 11.6 Å². The Morgan fingerprint density at radius 1 is 1.62 bits per heavy atom. The van der Waals surface area contributed by atoms with Crippen LogP contribution < -0.4 is 5.73 Å². The van der Waals surface area contributed by atoms with Gasteiger partial charge in [0, 0.05) is 6.07 Å². The Kier molecular flexibility index (Phi) is 2.46. The van der Waals surface area contributed by atoms with Crippen LogP contribution in [0.4, 0.5) is 5.82 Å². The van der Waals surface area contributed by atoms with E-state index in [9.17, 15) is 4.79 Å². The molecule has 0 aliphatic rings. The molecule has 0 amide bonds. The molecular formula is C8H11N3O2. The molecule has 1 aromatic heterocycles. The molecule has 0 fully saturated rings. The quantitative estimate of drug-likeness (QED) is 0.695. The average molecular weight is 181 g/mol. The predicted molar refractivity (Wildman–Crippen MR) is 47.2 cm³/mol. The fourth-order valence-electron chi connectivity index (χ4n) is 0.963. The zero-order chi connectivity index (χ0) is 10.0. The van der Waals surface area contributed by atoms with Crippen LogP contribution in [0.25, 0.3) is 0 Å². The van der Waals surface area contributed by atoms with Gasteiger partial charge < -0.3 is 10.8 Å². The van der Waals surface area contributed by atoms with Gasteiger partial charge in [0.2, 0.25) is 0 Å². The van der Waals surface area contributed by atoms with Crippen molar-refractivity contribution >= 4 is 11.8 Å². The molecule has 5 nitrogen and oxygen atoms in total. The van der Waals surface area contributed by atoms with Gasteiger partial charge in [0.25, 0.3) is 0 Å². The number of nitrogens with zero attached hydrogens (tertiary/aromatic N) is 2. The first-order valence-corrected chi connectivity index (χ1v) is 3.84. The highest BCUT2D eigenvalue weighted by molar-refractivity contribution is 5.75. The van der Waals surface area contributed by atoms with E-state index in [1.54, 1.807) is 13.8 Å². The Labute approximate surface area is 75.6 Å². The fourth-order valence-corrected chi connectivity index (χ4v) is 0.963. The Morgan fingerprint density at radius 2 is 2.23 bits per heavy atom. The molecule has 0 aliphatic heterocycles. The fraction of sp³-hybridized carbons (Fsp3) is 0.375. The number of aliphatic carboxylic acids is 1. The van der Waals surface area contributed by atoms with Gasteiger partial charge in [-0.15, -0.1) is 0 Å². The number of carboxylic acids is 1. The van der Waals surface area contributed by atoms with Gasteiger partial charge in [-0.2, -0.15) is 0 Å². The van der Waals surface area contributed by atoms with E-state index >= 15 is 0 Å². The molecule has 1 atom stereocenters. The summed E-state index contributed by atoms with van der Waals surface area (Å²) in [6.45, 7) is 3.23. The van der Waals surface area contributed by atoms with Gasteiger partial charge in [0.05, 0.1) is 11.6 Å². The first kappa shape index (κ1) is 9.44. The van der Waals surface area contributed by atoms with E-state index in [-0.39, 0.29) is 0 Å². The molecule has 5 heteroatoms. The zero-order valence-electron chi connectivity index (χ0n) is 7.48. The monoisotopic (exact) mass is 181 g/mol. The normalized spacial score (nSPS) is 12.5. The van der Waals surface area contributed by atoms with Crippen molar-refractivity contribution in [2.45, 2.75) is 19.8 Å². The molecule has 13 heavy (non-hydrogen) atoms. The number of rotatable bonds is 2. The highest BCUT2D eigenvalue weighted by atomic mass is 16.4. The number of carboxylic acid groups (broad SMARTS) is 1. The second-order valence-corrected chi connectivity index (χ2v) is 2.82. The average Bonchev–Trinajstić information content (AvgIpc) is 2.01. The van der Waals surface area contributed by atoms with E-state index in [0.29, 0.717) is 17.3 Å². The van der Waals surface area contributed by atoms with Gasteiger partial charge in [-0.25, -0.2) is 9.97 Å². The Balaban J connectivity index is 3.07. The molecule has 0 saturated heterocycles. The van der Waals surface area contributed by atoms with E-state index in [4.69, 9.17) is 10.8 Å². The van der Waals surface area contributed by atoms with Crippen molar-refractivity contribution in [1.82, 2.24) is 9.97 Å².